The third kappa shape index (κ3) is 3.20. The number of hydrogen-bond acceptors (Lipinski definition) is 5. The van der Waals surface area contributed by atoms with E-state index in [2.05, 4.69) is 15.9 Å². The number of methoxy groups -OCH3 is 1. The van der Waals surface area contributed by atoms with Crippen LogP contribution in [0.3, 0.4) is 0 Å². The van der Waals surface area contributed by atoms with Crippen molar-refractivity contribution < 1.29 is 19.2 Å². The summed E-state index contributed by atoms with van der Waals surface area (Å²) in [5, 5.41) is 1.69. The summed E-state index contributed by atoms with van der Waals surface area (Å²) in [6.07, 6.45) is -0.895. The fourth-order valence-corrected chi connectivity index (χ4v) is 5.03. The standard InChI is InChI=1S/C25H21BrN2O4/c1-15-8-6-7-11-19(15)27-24(29)21-22(16-12-13-20(31-2)18(26)14-16)28(32-23(21)25(27)30)17-9-4-3-5-10-17/h3-14,21-23H,1-2H3/t21-,22-,23-/m1/s1. The number of hydrogen-bond donors (Lipinski definition) is 0. The molecule has 2 saturated heterocycles. The van der Waals surface area contributed by atoms with Gasteiger partial charge < -0.3 is 4.74 Å². The van der Waals surface area contributed by atoms with Gasteiger partial charge in [0.2, 0.25) is 5.91 Å². The molecule has 0 radical (unpaired) electrons. The van der Waals surface area contributed by atoms with Crippen molar-refractivity contribution in [1.29, 1.82) is 0 Å². The fraction of sp³-hybridized carbons (Fsp3) is 0.200. The summed E-state index contributed by atoms with van der Waals surface area (Å²) in [6.45, 7) is 1.89. The lowest BCUT2D eigenvalue weighted by Gasteiger charge is -2.29. The second-order valence-corrected chi connectivity index (χ2v) is 8.70. The van der Waals surface area contributed by atoms with Crippen LogP contribution in [0.1, 0.15) is 17.2 Å². The van der Waals surface area contributed by atoms with Crippen molar-refractivity contribution in [2.45, 2.75) is 19.1 Å². The summed E-state index contributed by atoms with van der Waals surface area (Å²) in [5.74, 6) is -0.594. The van der Waals surface area contributed by atoms with Gasteiger partial charge in [0.05, 0.1) is 29.0 Å². The molecule has 162 valence electrons. The molecule has 0 saturated carbocycles. The minimum Gasteiger partial charge on any atom is -0.496 e. The number of imide groups is 1. The molecule has 7 heteroatoms. The van der Waals surface area contributed by atoms with Gasteiger partial charge in [-0.2, -0.15) is 0 Å². The molecule has 6 nitrogen and oxygen atoms in total. The number of carbonyl (C=O) groups is 2. The molecular formula is C25H21BrN2O4. The topological polar surface area (TPSA) is 59.1 Å². The number of para-hydroxylation sites is 2. The van der Waals surface area contributed by atoms with Crippen molar-refractivity contribution in [3.8, 4) is 5.75 Å². The number of nitrogens with zero attached hydrogens (tertiary/aromatic N) is 2. The molecule has 32 heavy (non-hydrogen) atoms. The van der Waals surface area contributed by atoms with E-state index in [0.717, 1.165) is 21.3 Å². The Morgan fingerprint density at radius 2 is 1.66 bits per heavy atom. The first-order valence-electron chi connectivity index (χ1n) is 10.3. The summed E-state index contributed by atoms with van der Waals surface area (Å²) < 4.78 is 6.13. The average Bonchev–Trinajstić information content (AvgIpc) is 3.31. The number of carbonyl (C=O) groups excluding carboxylic acids is 2. The molecule has 2 fully saturated rings. The molecule has 2 aliphatic rings. The minimum absolute atomic E-state index is 0.260. The second kappa shape index (κ2) is 8.07. The van der Waals surface area contributed by atoms with Gasteiger partial charge in [0, 0.05) is 0 Å². The molecule has 0 aromatic heterocycles. The van der Waals surface area contributed by atoms with E-state index in [1.807, 2.05) is 73.7 Å². The Balaban J connectivity index is 1.61. The molecule has 0 bridgehead atoms. The van der Waals surface area contributed by atoms with Crippen LogP contribution in [0.25, 0.3) is 0 Å². The number of amides is 2. The highest BCUT2D eigenvalue weighted by atomic mass is 79.9. The van der Waals surface area contributed by atoms with Gasteiger partial charge in [-0.15, -0.1) is 0 Å². The quantitative estimate of drug-likeness (QED) is 0.488. The zero-order chi connectivity index (χ0) is 22.4. The lowest BCUT2D eigenvalue weighted by atomic mass is 9.90. The van der Waals surface area contributed by atoms with Gasteiger partial charge in [-0.1, -0.05) is 42.5 Å². The Morgan fingerprint density at radius 3 is 2.34 bits per heavy atom. The predicted octanol–water partition coefficient (Wildman–Crippen LogP) is 4.82. The first-order valence-corrected chi connectivity index (χ1v) is 11.1. The van der Waals surface area contributed by atoms with Crippen LogP contribution in [0.5, 0.6) is 5.75 Å². The molecule has 3 atom stereocenters. The van der Waals surface area contributed by atoms with E-state index < -0.39 is 18.1 Å². The zero-order valence-corrected chi connectivity index (χ0v) is 19.2. The van der Waals surface area contributed by atoms with Crippen molar-refractivity contribution in [1.82, 2.24) is 0 Å². The Kier molecular flexibility index (Phi) is 5.23. The maximum Gasteiger partial charge on any atom is 0.266 e. The van der Waals surface area contributed by atoms with Gasteiger partial charge in [-0.25, -0.2) is 9.96 Å². The lowest BCUT2D eigenvalue weighted by Crippen LogP contribution is -2.37. The largest absolute Gasteiger partial charge is 0.496 e. The third-order valence-corrected chi connectivity index (χ3v) is 6.62. The maximum absolute atomic E-state index is 13.7. The van der Waals surface area contributed by atoms with E-state index >= 15 is 0 Å². The Hall–Kier alpha value is -3.16. The molecule has 5 rings (SSSR count). The molecule has 0 aliphatic carbocycles. The normalized spacial score (nSPS) is 22.4. The number of fused-ring (bicyclic) bond motifs is 1. The number of ether oxygens (including phenoxy) is 1. The number of rotatable bonds is 4. The van der Waals surface area contributed by atoms with Crippen molar-refractivity contribution in [2.75, 3.05) is 17.1 Å². The van der Waals surface area contributed by atoms with Crippen molar-refractivity contribution in [2.24, 2.45) is 5.92 Å². The number of hydroxylamine groups is 1. The summed E-state index contributed by atoms with van der Waals surface area (Å²) in [6, 6.07) is 22.1. The maximum atomic E-state index is 13.7. The summed E-state index contributed by atoms with van der Waals surface area (Å²) in [4.78, 5) is 34.5. The highest BCUT2D eigenvalue weighted by molar-refractivity contribution is 9.10. The molecule has 2 amide bonds. The van der Waals surface area contributed by atoms with Crippen molar-refractivity contribution in [3.05, 3.63) is 88.4 Å². The molecular weight excluding hydrogens is 472 g/mol. The molecule has 3 aromatic rings. The average molecular weight is 493 g/mol. The fourth-order valence-electron chi connectivity index (χ4n) is 4.47. The molecule has 2 heterocycles. The van der Waals surface area contributed by atoms with E-state index in [-0.39, 0.29) is 11.8 Å². The zero-order valence-electron chi connectivity index (χ0n) is 17.6. The van der Waals surface area contributed by atoms with E-state index in [1.54, 1.807) is 18.2 Å². The van der Waals surface area contributed by atoms with Gasteiger partial charge in [-0.3, -0.25) is 14.4 Å². The van der Waals surface area contributed by atoms with Crippen LogP contribution in [-0.2, 0) is 14.4 Å². The van der Waals surface area contributed by atoms with E-state index in [4.69, 9.17) is 9.57 Å². The molecule has 0 N–H and O–H groups in total. The Morgan fingerprint density at radius 1 is 0.938 bits per heavy atom. The van der Waals surface area contributed by atoms with Gasteiger partial charge in [-0.05, 0) is 64.3 Å². The monoisotopic (exact) mass is 492 g/mol. The summed E-state index contributed by atoms with van der Waals surface area (Å²) >= 11 is 3.54. The van der Waals surface area contributed by atoms with Crippen LogP contribution >= 0.6 is 15.9 Å². The Bertz CT molecular complexity index is 1200. The van der Waals surface area contributed by atoms with E-state index in [1.165, 1.54) is 4.90 Å². The molecule has 0 unspecified atom stereocenters. The first kappa shape index (κ1) is 20.7. The minimum atomic E-state index is -0.895. The van der Waals surface area contributed by atoms with Gasteiger partial charge in [0.15, 0.2) is 6.10 Å². The van der Waals surface area contributed by atoms with Gasteiger partial charge in [0.25, 0.3) is 5.91 Å². The van der Waals surface area contributed by atoms with E-state index in [9.17, 15) is 9.59 Å². The number of halogens is 1. The summed E-state index contributed by atoms with van der Waals surface area (Å²) in [7, 11) is 1.60. The molecule has 2 aliphatic heterocycles. The number of benzene rings is 3. The Labute approximate surface area is 194 Å². The number of anilines is 2. The van der Waals surface area contributed by atoms with Crippen LogP contribution < -0.4 is 14.7 Å². The van der Waals surface area contributed by atoms with Crippen LogP contribution in [-0.4, -0.2) is 25.0 Å². The van der Waals surface area contributed by atoms with Gasteiger partial charge >= 0.3 is 0 Å². The lowest BCUT2D eigenvalue weighted by molar-refractivity contribution is -0.126. The van der Waals surface area contributed by atoms with Crippen molar-refractivity contribution in [3.63, 3.8) is 0 Å². The SMILES string of the molecule is COc1ccc([C@@H]2[C@H]3C(=O)N(c4ccccc4C)C(=O)[C@@H]3ON2c2ccccc2)cc1Br. The molecule has 3 aromatic carbocycles. The van der Waals surface area contributed by atoms with Crippen LogP contribution in [0.15, 0.2) is 77.3 Å². The van der Waals surface area contributed by atoms with Gasteiger partial charge in [0.1, 0.15) is 11.7 Å². The first-order chi connectivity index (χ1) is 15.5. The smallest absolute Gasteiger partial charge is 0.266 e. The van der Waals surface area contributed by atoms with Crippen molar-refractivity contribution >= 4 is 39.1 Å². The highest BCUT2D eigenvalue weighted by Crippen LogP contribution is 2.48. The predicted molar refractivity (Wildman–Crippen MR) is 124 cm³/mol. The summed E-state index contributed by atoms with van der Waals surface area (Å²) in [5.41, 5.74) is 3.09. The molecule has 0 spiro atoms. The van der Waals surface area contributed by atoms with Crippen LogP contribution in [0.4, 0.5) is 11.4 Å². The van der Waals surface area contributed by atoms with Crippen LogP contribution in [0.2, 0.25) is 0 Å². The number of aryl methyl sites for hydroxylation is 1. The second-order valence-electron chi connectivity index (χ2n) is 7.85. The highest BCUT2D eigenvalue weighted by Gasteiger charge is 2.60. The third-order valence-electron chi connectivity index (χ3n) is 6.00. The van der Waals surface area contributed by atoms with Crippen LogP contribution in [0, 0.1) is 12.8 Å². The van der Waals surface area contributed by atoms with E-state index in [0.29, 0.717) is 11.4 Å².